The first-order chi connectivity index (χ1) is 11.7. The predicted octanol–water partition coefficient (Wildman–Crippen LogP) is 0.839. The number of amides is 1. The molecule has 0 saturated carbocycles. The number of rotatable bonds is 3. The lowest BCUT2D eigenvalue weighted by atomic mass is 9.99. The van der Waals surface area contributed by atoms with Crippen molar-refractivity contribution in [3.05, 3.63) is 18.5 Å². The molecule has 4 rings (SSSR count). The standard InChI is InChI=1S/C17H25N3O4/c21-16(15-3-1-9-23-15)19-8-10-22-13-17(12-19)5-4-14(24-17)11-20-7-2-6-18-20/h2,6-7,14-15H,1,3-5,8-13H2/t14?,15-,17?/m1/s1. The van der Waals surface area contributed by atoms with E-state index >= 15 is 0 Å². The van der Waals surface area contributed by atoms with Gasteiger partial charge in [-0.2, -0.15) is 5.10 Å². The topological polar surface area (TPSA) is 65.8 Å². The molecule has 3 saturated heterocycles. The van der Waals surface area contributed by atoms with Crippen LogP contribution in [-0.4, -0.2) is 71.3 Å². The van der Waals surface area contributed by atoms with E-state index < -0.39 is 0 Å². The van der Waals surface area contributed by atoms with Crippen LogP contribution in [0.2, 0.25) is 0 Å². The Morgan fingerprint density at radius 3 is 3.08 bits per heavy atom. The van der Waals surface area contributed by atoms with Crippen molar-refractivity contribution >= 4 is 5.91 Å². The molecule has 24 heavy (non-hydrogen) atoms. The number of hydrogen-bond acceptors (Lipinski definition) is 5. The van der Waals surface area contributed by atoms with E-state index in [-0.39, 0.29) is 23.7 Å². The highest BCUT2D eigenvalue weighted by molar-refractivity contribution is 5.81. The zero-order chi connectivity index (χ0) is 16.4. The summed E-state index contributed by atoms with van der Waals surface area (Å²) in [5.41, 5.74) is -0.386. The largest absolute Gasteiger partial charge is 0.377 e. The molecular weight excluding hydrogens is 310 g/mol. The van der Waals surface area contributed by atoms with Gasteiger partial charge in [-0.05, 0) is 31.7 Å². The minimum absolute atomic E-state index is 0.0940. The lowest BCUT2D eigenvalue weighted by Gasteiger charge is -2.33. The van der Waals surface area contributed by atoms with Crippen molar-refractivity contribution in [1.29, 1.82) is 0 Å². The first-order valence-electron chi connectivity index (χ1n) is 8.88. The van der Waals surface area contributed by atoms with E-state index in [2.05, 4.69) is 5.10 Å². The van der Waals surface area contributed by atoms with Gasteiger partial charge < -0.3 is 19.1 Å². The van der Waals surface area contributed by atoms with Gasteiger partial charge in [0.2, 0.25) is 0 Å². The van der Waals surface area contributed by atoms with E-state index in [0.717, 1.165) is 32.2 Å². The Bertz CT molecular complexity index is 558. The monoisotopic (exact) mass is 335 g/mol. The molecule has 3 aliphatic heterocycles. The first kappa shape index (κ1) is 16.1. The molecule has 1 amide bonds. The molecule has 1 aromatic rings. The minimum Gasteiger partial charge on any atom is -0.377 e. The van der Waals surface area contributed by atoms with Crippen molar-refractivity contribution in [1.82, 2.24) is 14.7 Å². The third kappa shape index (κ3) is 3.34. The lowest BCUT2D eigenvalue weighted by Crippen LogP contribution is -2.49. The van der Waals surface area contributed by atoms with E-state index in [1.165, 1.54) is 0 Å². The molecule has 3 atom stereocenters. The summed E-state index contributed by atoms with van der Waals surface area (Å²) in [7, 11) is 0. The second-order valence-corrected chi connectivity index (χ2v) is 7.00. The van der Waals surface area contributed by atoms with Gasteiger partial charge in [0.05, 0.1) is 32.4 Å². The second kappa shape index (κ2) is 6.82. The van der Waals surface area contributed by atoms with Crippen molar-refractivity contribution in [2.45, 2.75) is 50.0 Å². The van der Waals surface area contributed by atoms with Crippen molar-refractivity contribution in [3.63, 3.8) is 0 Å². The van der Waals surface area contributed by atoms with Crippen LogP contribution in [0.5, 0.6) is 0 Å². The predicted molar refractivity (Wildman–Crippen MR) is 85.4 cm³/mol. The molecular formula is C17H25N3O4. The maximum absolute atomic E-state index is 12.7. The van der Waals surface area contributed by atoms with Crippen LogP contribution in [0.1, 0.15) is 25.7 Å². The van der Waals surface area contributed by atoms with Gasteiger partial charge >= 0.3 is 0 Å². The van der Waals surface area contributed by atoms with Crippen molar-refractivity contribution in [2.75, 3.05) is 32.9 Å². The van der Waals surface area contributed by atoms with Crippen molar-refractivity contribution < 1.29 is 19.0 Å². The Morgan fingerprint density at radius 1 is 1.33 bits per heavy atom. The second-order valence-electron chi connectivity index (χ2n) is 7.00. The first-order valence-corrected chi connectivity index (χ1v) is 8.88. The molecule has 0 N–H and O–H groups in total. The number of aromatic nitrogens is 2. The van der Waals surface area contributed by atoms with E-state index in [1.807, 2.05) is 21.8 Å². The normalized spacial score (nSPS) is 33.9. The average Bonchev–Trinajstić information content (AvgIpc) is 3.30. The van der Waals surface area contributed by atoms with Crippen LogP contribution < -0.4 is 0 Å². The summed E-state index contributed by atoms with van der Waals surface area (Å²) in [6.07, 6.45) is 7.24. The zero-order valence-corrected chi connectivity index (χ0v) is 13.9. The Hall–Kier alpha value is -1.44. The van der Waals surface area contributed by atoms with Gasteiger partial charge in [-0.15, -0.1) is 0 Å². The molecule has 2 unspecified atom stereocenters. The van der Waals surface area contributed by atoms with Crippen molar-refractivity contribution in [3.8, 4) is 0 Å². The number of carbonyl (C=O) groups is 1. The molecule has 0 aromatic carbocycles. The fourth-order valence-corrected chi connectivity index (χ4v) is 3.93. The molecule has 1 aromatic heterocycles. The molecule has 7 nitrogen and oxygen atoms in total. The highest BCUT2D eigenvalue weighted by Crippen LogP contribution is 2.34. The van der Waals surface area contributed by atoms with E-state index in [1.54, 1.807) is 6.20 Å². The summed E-state index contributed by atoms with van der Waals surface area (Å²) in [5, 5.41) is 4.25. The minimum atomic E-state index is -0.386. The Kier molecular flexibility index (Phi) is 4.56. The molecule has 7 heteroatoms. The summed E-state index contributed by atoms with van der Waals surface area (Å²) < 4.78 is 19.6. The fourth-order valence-electron chi connectivity index (χ4n) is 3.93. The van der Waals surface area contributed by atoms with Gasteiger partial charge in [0.1, 0.15) is 11.7 Å². The highest BCUT2D eigenvalue weighted by Gasteiger charge is 2.45. The Morgan fingerprint density at radius 2 is 2.29 bits per heavy atom. The average molecular weight is 335 g/mol. The number of nitrogens with zero attached hydrogens (tertiary/aromatic N) is 3. The lowest BCUT2D eigenvalue weighted by molar-refractivity contribution is -0.145. The molecule has 3 aliphatic rings. The van der Waals surface area contributed by atoms with Gasteiger partial charge in [0, 0.05) is 25.5 Å². The van der Waals surface area contributed by atoms with Gasteiger partial charge in [-0.25, -0.2) is 0 Å². The smallest absolute Gasteiger partial charge is 0.251 e. The quantitative estimate of drug-likeness (QED) is 0.819. The maximum Gasteiger partial charge on any atom is 0.251 e. The summed E-state index contributed by atoms with van der Waals surface area (Å²) in [6, 6.07) is 1.92. The molecule has 0 radical (unpaired) electrons. The summed E-state index contributed by atoms with van der Waals surface area (Å²) in [4.78, 5) is 14.6. The van der Waals surface area contributed by atoms with Crippen LogP contribution >= 0.6 is 0 Å². The maximum atomic E-state index is 12.7. The van der Waals surface area contributed by atoms with Crippen molar-refractivity contribution in [2.24, 2.45) is 0 Å². The molecule has 4 heterocycles. The fraction of sp³-hybridized carbons (Fsp3) is 0.765. The van der Waals surface area contributed by atoms with Crippen LogP contribution in [0, 0.1) is 0 Å². The number of carbonyl (C=O) groups excluding carboxylic acids is 1. The van der Waals surface area contributed by atoms with E-state index in [9.17, 15) is 4.79 Å². The van der Waals surface area contributed by atoms with Gasteiger partial charge in [0.15, 0.2) is 0 Å². The zero-order valence-electron chi connectivity index (χ0n) is 13.9. The number of hydrogen-bond donors (Lipinski definition) is 0. The van der Waals surface area contributed by atoms with E-state index in [0.29, 0.717) is 32.9 Å². The van der Waals surface area contributed by atoms with Crippen LogP contribution in [0.4, 0.5) is 0 Å². The molecule has 0 bridgehead atoms. The van der Waals surface area contributed by atoms with Gasteiger partial charge in [-0.1, -0.05) is 0 Å². The summed E-state index contributed by atoms with van der Waals surface area (Å²) in [5.74, 6) is 0.0940. The van der Waals surface area contributed by atoms with Gasteiger partial charge in [-0.3, -0.25) is 9.48 Å². The van der Waals surface area contributed by atoms with Crippen LogP contribution in [0.3, 0.4) is 0 Å². The van der Waals surface area contributed by atoms with E-state index in [4.69, 9.17) is 14.2 Å². The highest BCUT2D eigenvalue weighted by atomic mass is 16.6. The number of ether oxygens (including phenoxy) is 3. The third-order valence-corrected chi connectivity index (χ3v) is 5.15. The van der Waals surface area contributed by atoms with Gasteiger partial charge in [0.25, 0.3) is 5.91 Å². The Balaban J connectivity index is 1.41. The molecule has 0 aliphatic carbocycles. The molecule has 132 valence electrons. The third-order valence-electron chi connectivity index (χ3n) is 5.15. The Labute approximate surface area is 141 Å². The van der Waals surface area contributed by atoms with Crippen LogP contribution in [-0.2, 0) is 25.5 Å². The molecule has 1 spiro atoms. The summed E-state index contributed by atoms with van der Waals surface area (Å²) in [6.45, 7) is 3.77. The summed E-state index contributed by atoms with van der Waals surface area (Å²) >= 11 is 0. The molecule has 3 fully saturated rings. The van der Waals surface area contributed by atoms with Crippen LogP contribution in [0.25, 0.3) is 0 Å². The van der Waals surface area contributed by atoms with Crippen LogP contribution in [0.15, 0.2) is 18.5 Å². The SMILES string of the molecule is O=C([C@H]1CCCO1)N1CCOCC2(CCC(Cn3cccn3)O2)C1.